The summed E-state index contributed by atoms with van der Waals surface area (Å²) in [5.74, 6) is -2.65. The van der Waals surface area contributed by atoms with Crippen molar-refractivity contribution in [3.05, 3.63) is 111 Å². The predicted molar refractivity (Wildman–Crippen MR) is 184 cm³/mol. The van der Waals surface area contributed by atoms with Crippen molar-refractivity contribution in [2.45, 2.75) is 38.5 Å². The van der Waals surface area contributed by atoms with Gasteiger partial charge in [-0.15, -0.1) is 0 Å². The molecule has 0 N–H and O–H groups in total. The second-order valence-corrected chi connectivity index (χ2v) is 14.9. The van der Waals surface area contributed by atoms with Gasteiger partial charge >= 0.3 is 12.6 Å². The van der Waals surface area contributed by atoms with Crippen LogP contribution in [0.15, 0.2) is 67.3 Å². The Morgan fingerprint density at radius 2 is 1.72 bits per heavy atom. The largest absolute Gasteiger partial charge is 0.619 e. The molecule has 278 valence electrons. The molecule has 0 radical (unpaired) electrons. The minimum Gasteiger partial charge on any atom is -0.619 e. The van der Waals surface area contributed by atoms with Gasteiger partial charge in [-0.25, -0.2) is 18.4 Å². The van der Waals surface area contributed by atoms with Crippen LogP contribution in [0.25, 0.3) is 0 Å². The third-order valence-corrected chi connectivity index (χ3v) is 10.1. The molecule has 1 fully saturated rings. The molecule has 4 aromatic rings. The van der Waals surface area contributed by atoms with E-state index in [9.17, 15) is 36.8 Å². The number of hydrogen-bond donors (Lipinski definition) is 0. The van der Waals surface area contributed by atoms with E-state index in [1.807, 2.05) is 0 Å². The Labute approximate surface area is 311 Å². The lowest BCUT2D eigenvalue weighted by atomic mass is 10.0. The number of hydrogen-bond acceptors (Lipinski definition) is 11. The van der Waals surface area contributed by atoms with Gasteiger partial charge in [0.25, 0.3) is 11.8 Å². The van der Waals surface area contributed by atoms with E-state index >= 15 is 0 Å². The third-order valence-electron chi connectivity index (χ3n) is 8.28. The van der Waals surface area contributed by atoms with Gasteiger partial charge in [0.2, 0.25) is 10.0 Å². The Morgan fingerprint density at radius 3 is 2.36 bits per heavy atom. The van der Waals surface area contributed by atoms with Crippen LogP contribution in [0.4, 0.5) is 14.5 Å². The first kappa shape index (κ1) is 37.6. The van der Waals surface area contributed by atoms with Crippen molar-refractivity contribution < 1.29 is 50.5 Å². The van der Waals surface area contributed by atoms with Crippen molar-refractivity contribution in [2.24, 2.45) is 5.92 Å². The Kier molecular flexibility index (Phi) is 11.0. The maximum Gasteiger partial charge on any atom is 0.387 e. The Morgan fingerprint density at radius 1 is 1.04 bits per heavy atom. The van der Waals surface area contributed by atoms with Crippen LogP contribution < -0.4 is 18.5 Å². The number of halogens is 4. The molecule has 1 saturated carbocycles. The van der Waals surface area contributed by atoms with Crippen LogP contribution in [0.1, 0.15) is 56.6 Å². The molecule has 1 aliphatic carbocycles. The molecule has 53 heavy (non-hydrogen) atoms. The number of carbonyl (C=O) groups excluding carboxylic acids is 3. The van der Waals surface area contributed by atoms with Crippen molar-refractivity contribution in [3.8, 4) is 11.5 Å². The van der Waals surface area contributed by atoms with Gasteiger partial charge in [-0.3, -0.25) is 23.6 Å². The van der Waals surface area contributed by atoms with Crippen molar-refractivity contribution in [2.75, 3.05) is 23.7 Å². The molecule has 0 spiro atoms. The summed E-state index contributed by atoms with van der Waals surface area (Å²) in [6, 6.07) is 9.33. The van der Waals surface area contributed by atoms with E-state index in [2.05, 4.69) is 14.7 Å². The first-order valence-electron chi connectivity index (χ1n) is 15.9. The van der Waals surface area contributed by atoms with Crippen LogP contribution in [0.5, 0.6) is 11.5 Å². The number of amides is 2. The van der Waals surface area contributed by atoms with E-state index in [4.69, 9.17) is 32.7 Å². The van der Waals surface area contributed by atoms with Crippen molar-refractivity contribution in [1.82, 2.24) is 14.9 Å². The molecule has 1 aliphatic heterocycles. The van der Waals surface area contributed by atoms with Crippen LogP contribution in [0.3, 0.4) is 0 Å². The molecule has 6 rings (SSSR count). The van der Waals surface area contributed by atoms with Crippen LogP contribution >= 0.6 is 23.2 Å². The monoisotopic (exact) mass is 791 g/mol. The van der Waals surface area contributed by atoms with Crippen molar-refractivity contribution in [3.63, 3.8) is 0 Å². The zero-order chi connectivity index (χ0) is 38.0. The predicted octanol–water partition coefficient (Wildman–Crippen LogP) is 4.90. The van der Waals surface area contributed by atoms with E-state index in [-0.39, 0.29) is 80.8 Å². The second kappa shape index (κ2) is 15.5. The van der Waals surface area contributed by atoms with Crippen LogP contribution in [0.2, 0.25) is 10.0 Å². The minimum atomic E-state index is -3.91. The lowest BCUT2D eigenvalue weighted by molar-refractivity contribution is -0.605. The zero-order valence-corrected chi connectivity index (χ0v) is 30.0. The molecule has 14 nitrogen and oxygen atoms in total. The normalized spacial score (nSPS) is 14.6. The van der Waals surface area contributed by atoms with Crippen LogP contribution in [-0.4, -0.2) is 67.1 Å². The standard InChI is InChI=1S/C34H29Cl2F2N5O9S/c1-53(48,49)43(16-30-39-9-2-10-40-30)21-6-7-22-23(12-21)33(46)42(32(22)45)17-31(44)51-28(13-24-25(35)14-41(47)15-26(24)36)20-5-8-27(52-34(37)38)29(11-20)50-18-19-3-4-19/h2,5-12,14-15,19,28,34H,3-4,13,16-18H2,1H3/t28-/m0/s1. The molecular weight excluding hydrogens is 763 g/mol. The fraction of sp³-hybridized carbons (Fsp3) is 0.294. The highest BCUT2D eigenvalue weighted by Crippen LogP contribution is 2.38. The van der Waals surface area contributed by atoms with E-state index in [0.29, 0.717) is 9.63 Å². The maximum atomic E-state index is 13.5. The molecule has 0 unspecified atom stereocenters. The minimum absolute atomic E-state index is 0.0449. The summed E-state index contributed by atoms with van der Waals surface area (Å²) in [5, 5.41) is 11.8. The van der Waals surface area contributed by atoms with Gasteiger partial charge in [-0.05, 0) is 60.7 Å². The number of fused-ring (bicyclic) bond motifs is 1. The van der Waals surface area contributed by atoms with Crippen molar-refractivity contribution in [1.29, 1.82) is 0 Å². The average molecular weight is 793 g/mol. The van der Waals surface area contributed by atoms with Gasteiger partial charge in [0.15, 0.2) is 23.9 Å². The fourth-order valence-corrected chi connectivity index (χ4v) is 6.95. The van der Waals surface area contributed by atoms with Gasteiger partial charge in [0, 0.05) is 24.4 Å². The number of pyridine rings is 1. The lowest BCUT2D eigenvalue weighted by Gasteiger charge is -2.22. The number of anilines is 1. The van der Waals surface area contributed by atoms with Gasteiger partial charge < -0.3 is 19.4 Å². The number of sulfonamides is 1. The summed E-state index contributed by atoms with van der Waals surface area (Å²) < 4.78 is 69.4. The van der Waals surface area contributed by atoms with Crippen LogP contribution in [0, 0.1) is 11.1 Å². The first-order valence-corrected chi connectivity index (χ1v) is 18.5. The Bertz CT molecular complexity index is 2160. The summed E-state index contributed by atoms with van der Waals surface area (Å²) in [7, 11) is -3.91. The van der Waals surface area contributed by atoms with E-state index in [0.717, 1.165) is 35.8 Å². The number of aromatic nitrogens is 3. The fourth-order valence-electron chi connectivity index (χ4n) is 5.50. The van der Waals surface area contributed by atoms with E-state index < -0.39 is 47.1 Å². The quantitative estimate of drug-likeness (QED) is 0.0694. The van der Waals surface area contributed by atoms with Gasteiger partial charge in [0.05, 0.1) is 36.2 Å². The topological polar surface area (TPSA) is 172 Å². The molecular formula is C34H29Cl2F2N5O9S. The van der Waals surface area contributed by atoms with Gasteiger partial charge in [-0.1, -0.05) is 29.3 Å². The third kappa shape index (κ3) is 8.92. The number of ether oxygens (including phenoxy) is 3. The average Bonchev–Trinajstić information content (AvgIpc) is 3.90. The summed E-state index contributed by atoms with van der Waals surface area (Å²) in [6.07, 6.45) is 6.27. The molecule has 2 aromatic heterocycles. The number of alkyl halides is 2. The Hall–Kier alpha value is -5.13. The summed E-state index contributed by atoms with van der Waals surface area (Å²) in [4.78, 5) is 49.2. The lowest BCUT2D eigenvalue weighted by Crippen LogP contribution is -2.36. The summed E-state index contributed by atoms with van der Waals surface area (Å²) in [5.41, 5.74) is 0.260. The molecule has 0 bridgehead atoms. The first-order chi connectivity index (χ1) is 25.2. The smallest absolute Gasteiger partial charge is 0.387 e. The van der Waals surface area contributed by atoms with Crippen LogP contribution in [-0.2, 0) is 32.5 Å². The molecule has 2 aromatic carbocycles. The number of esters is 1. The summed E-state index contributed by atoms with van der Waals surface area (Å²) >= 11 is 12.6. The molecule has 2 aliphatic rings. The number of rotatable bonds is 15. The molecule has 19 heteroatoms. The van der Waals surface area contributed by atoms with E-state index in [1.165, 1.54) is 48.8 Å². The molecule has 1 atom stereocenters. The number of carbonyl (C=O) groups is 3. The SMILES string of the molecule is CS(=O)(=O)N(Cc1ncccn1)c1ccc2c(c1)C(=O)N(CC(=O)O[C@@H](Cc1c(Cl)c[n+]([O-])cc1Cl)c1ccc(OC(F)F)c(OCC3CC3)c1)C2=O. The van der Waals surface area contributed by atoms with Crippen molar-refractivity contribution >= 4 is 56.7 Å². The molecule has 3 heterocycles. The number of benzene rings is 2. The highest BCUT2D eigenvalue weighted by atomic mass is 35.5. The second-order valence-electron chi connectivity index (χ2n) is 12.2. The summed E-state index contributed by atoms with van der Waals surface area (Å²) in [6.45, 7) is -4.04. The highest BCUT2D eigenvalue weighted by Gasteiger charge is 2.39. The Balaban J connectivity index is 1.26. The maximum absolute atomic E-state index is 13.5. The van der Waals surface area contributed by atoms with Gasteiger partial charge in [-0.2, -0.15) is 13.5 Å². The number of imide groups is 1. The molecule has 0 saturated heterocycles. The highest BCUT2D eigenvalue weighted by molar-refractivity contribution is 7.92. The molecule has 2 amide bonds. The number of nitrogens with zero attached hydrogens (tertiary/aromatic N) is 5. The van der Waals surface area contributed by atoms with Gasteiger partial charge in [0.1, 0.15) is 28.5 Å². The van der Waals surface area contributed by atoms with E-state index in [1.54, 1.807) is 6.07 Å². The zero-order valence-electron chi connectivity index (χ0n) is 27.7.